The van der Waals surface area contributed by atoms with E-state index >= 15 is 0 Å². The minimum atomic E-state index is -3.42. The molecule has 2 atom stereocenters. The van der Waals surface area contributed by atoms with Crippen LogP contribution in [0.1, 0.15) is 13.3 Å². The molecular formula is C11H20N4O2S. The van der Waals surface area contributed by atoms with Crippen LogP contribution in [-0.4, -0.2) is 37.8 Å². The fraction of sp³-hybridized carbons (Fsp3) is 0.727. The number of rotatable bonds is 4. The molecule has 0 aliphatic carbocycles. The third-order valence-electron chi connectivity index (χ3n) is 3.51. The van der Waals surface area contributed by atoms with Gasteiger partial charge in [-0.2, -0.15) is 5.10 Å². The summed E-state index contributed by atoms with van der Waals surface area (Å²) in [6.07, 6.45) is 3.97. The Bertz CT molecular complexity index is 497. The fourth-order valence-electron chi connectivity index (χ4n) is 2.17. The Morgan fingerprint density at radius 2 is 2.39 bits per heavy atom. The van der Waals surface area contributed by atoms with Crippen molar-refractivity contribution in [2.24, 2.45) is 18.9 Å². The van der Waals surface area contributed by atoms with Gasteiger partial charge >= 0.3 is 0 Å². The molecule has 2 heterocycles. The smallest absolute Gasteiger partial charge is 0.243 e. The van der Waals surface area contributed by atoms with Crippen LogP contribution in [0.25, 0.3) is 0 Å². The molecule has 0 spiro atoms. The van der Waals surface area contributed by atoms with Gasteiger partial charge in [-0.3, -0.25) is 4.68 Å². The quantitative estimate of drug-likeness (QED) is 0.805. The Morgan fingerprint density at radius 3 is 3.00 bits per heavy atom. The van der Waals surface area contributed by atoms with Gasteiger partial charge in [0.05, 0.1) is 6.20 Å². The van der Waals surface area contributed by atoms with Crippen LogP contribution >= 0.6 is 0 Å². The zero-order chi connectivity index (χ0) is 13.2. The van der Waals surface area contributed by atoms with Gasteiger partial charge in [0.2, 0.25) is 10.0 Å². The van der Waals surface area contributed by atoms with E-state index in [9.17, 15) is 8.42 Å². The normalized spacial score (nSPS) is 25.2. The Kier molecular flexibility index (Phi) is 4.04. The maximum atomic E-state index is 12.0. The van der Waals surface area contributed by atoms with Crippen LogP contribution in [-0.2, 0) is 17.1 Å². The average molecular weight is 272 g/mol. The van der Waals surface area contributed by atoms with E-state index in [0.717, 1.165) is 19.5 Å². The lowest BCUT2D eigenvalue weighted by molar-refractivity contribution is 0.275. The molecule has 1 aliphatic rings. The summed E-state index contributed by atoms with van der Waals surface area (Å²) in [5, 5.41) is 7.17. The first-order chi connectivity index (χ1) is 8.49. The van der Waals surface area contributed by atoms with Gasteiger partial charge in [-0.15, -0.1) is 0 Å². The van der Waals surface area contributed by atoms with Crippen molar-refractivity contribution < 1.29 is 8.42 Å². The van der Waals surface area contributed by atoms with E-state index in [1.165, 1.54) is 17.1 Å². The monoisotopic (exact) mass is 272 g/mol. The lowest BCUT2D eigenvalue weighted by Gasteiger charge is -2.29. The van der Waals surface area contributed by atoms with Crippen LogP contribution in [0.5, 0.6) is 0 Å². The van der Waals surface area contributed by atoms with Crippen molar-refractivity contribution in [3.05, 3.63) is 12.4 Å². The number of sulfonamides is 1. The second kappa shape index (κ2) is 5.38. The number of aryl methyl sites for hydroxylation is 1. The molecule has 102 valence electrons. The number of hydrogen-bond donors (Lipinski definition) is 2. The number of hydrogen-bond acceptors (Lipinski definition) is 4. The fourth-order valence-corrected chi connectivity index (χ4v) is 3.24. The summed E-state index contributed by atoms with van der Waals surface area (Å²) < 4.78 is 28.2. The average Bonchev–Trinajstić information content (AvgIpc) is 2.76. The van der Waals surface area contributed by atoms with E-state index < -0.39 is 10.0 Å². The van der Waals surface area contributed by atoms with Gasteiger partial charge in [0, 0.05) is 19.8 Å². The van der Waals surface area contributed by atoms with Crippen molar-refractivity contribution in [2.75, 3.05) is 19.6 Å². The Labute approximate surface area is 108 Å². The van der Waals surface area contributed by atoms with Crippen molar-refractivity contribution in [1.82, 2.24) is 19.8 Å². The second-order valence-corrected chi connectivity index (χ2v) is 6.70. The largest absolute Gasteiger partial charge is 0.316 e. The van der Waals surface area contributed by atoms with Gasteiger partial charge in [0.15, 0.2) is 0 Å². The number of aromatic nitrogens is 2. The number of piperidine rings is 1. The van der Waals surface area contributed by atoms with E-state index in [2.05, 4.69) is 22.1 Å². The van der Waals surface area contributed by atoms with E-state index in [-0.39, 0.29) is 4.90 Å². The van der Waals surface area contributed by atoms with Crippen LogP contribution < -0.4 is 10.0 Å². The summed E-state index contributed by atoms with van der Waals surface area (Å²) in [7, 11) is -1.72. The van der Waals surface area contributed by atoms with Gasteiger partial charge in [-0.1, -0.05) is 6.92 Å². The molecule has 1 aromatic heterocycles. The molecule has 1 saturated heterocycles. The molecule has 18 heavy (non-hydrogen) atoms. The van der Waals surface area contributed by atoms with Gasteiger partial charge in [-0.05, 0) is 31.3 Å². The molecule has 0 saturated carbocycles. The first kappa shape index (κ1) is 13.5. The Hall–Kier alpha value is -0.920. The molecule has 6 nitrogen and oxygen atoms in total. The van der Waals surface area contributed by atoms with E-state index in [4.69, 9.17) is 0 Å². The van der Waals surface area contributed by atoms with Crippen LogP contribution in [0.2, 0.25) is 0 Å². The van der Waals surface area contributed by atoms with Crippen molar-refractivity contribution in [3.63, 3.8) is 0 Å². The Balaban J connectivity index is 1.96. The summed E-state index contributed by atoms with van der Waals surface area (Å²) in [5.41, 5.74) is 0. The zero-order valence-corrected chi connectivity index (χ0v) is 11.6. The van der Waals surface area contributed by atoms with Gasteiger partial charge in [0.25, 0.3) is 0 Å². The molecule has 2 N–H and O–H groups in total. The number of nitrogens with one attached hydrogen (secondary N) is 2. The lowest BCUT2D eigenvalue weighted by Crippen LogP contribution is -2.42. The zero-order valence-electron chi connectivity index (χ0n) is 10.8. The lowest BCUT2D eigenvalue weighted by atomic mass is 9.88. The third kappa shape index (κ3) is 3.09. The molecular weight excluding hydrogens is 252 g/mol. The third-order valence-corrected chi connectivity index (χ3v) is 4.89. The summed E-state index contributed by atoms with van der Waals surface area (Å²) in [5.74, 6) is 0.896. The minimum absolute atomic E-state index is 0.224. The van der Waals surface area contributed by atoms with E-state index in [1.807, 2.05) is 0 Å². The molecule has 0 bridgehead atoms. The van der Waals surface area contributed by atoms with E-state index in [0.29, 0.717) is 18.4 Å². The van der Waals surface area contributed by atoms with Crippen LogP contribution in [0.15, 0.2) is 17.3 Å². The molecule has 1 aromatic rings. The van der Waals surface area contributed by atoms with Crippen molar-refractivity contribution in [1.29, 1.82) is 0 Å². The molecule has 0 aromatic carbocycles. The highest BCUT2D eigenvalue weighted by molar-refractivity contribution is 7.89. The van der Waals surface area contributed by atoms with Gasteiger partial charge in [0.1, 0.15) is 4.90 Å². The van der Waals surface area contributed by atoms with Crippen LogP contribution in [0, 0.1) is 11.8 Å². The first-order valence-corrected chi connectivity index (χ1v) is 7.66. The minimum Gasteiger partial charge on any atom is -0.316 e. The molecule has 1 fully saturated rings. The van der Waals surface area contributed by atoms with Crippen molar-refractivity contribution in [2.45, 2.75) is 18.2 Å². The van der Waals surface area contributed by atoms with E-state index in [1.54, 1.807) is 7.05 Å². The second-order valence-electron chi connectivity index (χ2n) is 4.93. The maximum Gasteiger partial charge on any atom is 0.243 e. The first-order valence-electron chi connectivity index (χ1n) is 6.18. The molecule has 7 heteroatoms. The predicted octanol–water partition coefficient (Wildman–Crippen LogP) is -0.0560. The summed E-state index contributed by atoms with van der Waals surface area (Å²) in [4.78, 5) is 0.224. The van der Waals surface area contributed by atoms with Crippen molar-refractivity contribution in [3.8, 4) is 0 Å². The summed E-state index contributed by atoms with van der Waals surface area (Å²) in [6, 6.07) is 0. The van der Waals surface area contributed by atoms with Gasteiger partial charge in [-0.25, -0.2) is 13.1 Å². The van der Waals surface area contributed by atoms with Crippen LogP contribution in [0.3, 0.4) is 0 Å². The SMILES string of the molecule is CC1CCNCC1CNS(=O)(=O)c1cnn(C)c1. The van der Waals surface area contributed by atoms with Crippen molar-refractivity contribution >= 4 is 10.0 Å². The predicted molar refractivity (Wildman–Crippen MR) is 68.5 cm³/mol. The molecule has 1 aliphatic heterocycles. The highest BCUT2D eigenvalue weighted by Crippen LogP contribution is 2.18. The highest BCUT2D eigenvalue weighted by atomic mass is 32.2. The van der Waals surface area contributed by atoms with Gasteiger partial charge < -0.3 is 5.32 Å². The standard InChI is InChI=1S/C11H20N4O2S/c1-9-3-4-12-5-10(9)6-14-18(16,17)11-7-13-15(2)8-11/h7-10,12,14H,3-6H2,1-2H3. The summed E-state index contributed by atoms with van der Waals surface area (Å²) in [6.45, 7) is 4.54. The number of nitrogens with zero attached hydrogens (tertiary/aromatic N) is 2. The molecule has 0 amide bonds. The van der Waals surface area contributed by atoms with Crippen LogP contribution in [0.4, 0.5) is 0 Å². The molecule has 0 radical (unpaired) electrons. The summed E-state index contributed by atoms with van der Waals surface area (Å²) >= 11 is 0. The highest BCUT2D eigenvalue weighted by Gasteiger charge is 2.24. The Morgan fingerprint density at radius 1 is 1.61 bits per heavy atom. The molecule has 2 rings (SSSR count). The maximum absolute atomic E-state index is 12.0. The topological polar surface area (TPSA) is 76.0 Å². The molecule has 2 unspecified atom stereocenters.